The first-order chi connectivity index (χ1) is 11.2. The molecule has 1 N–H and O–H groups in total. The monoisotopic (exact) mass is 316 g/mol. The molecular weight excluding hydrogens is 292 g/mol. The maximum atomic E-state index is 12.2. The molecule has 0 bridgehead atoms. The van der Waals surface area contributed by atoms with Gasteiger partial charge in [0.15, 0.2) is 0 Å². The zero-order valence-corrected chi connectivity index (χ0v) is 13.6. The number of rotatable bonds is 6. The van der Waals surface area contributed by atoms with Crippen LogP contribution < -0.4 is 5.32 Å². The number of carbonyl (C=O) groups excluding carboxylic acids is 1. The largest absolute Gasteiger partial charge is 0.379 e. The summed E-state index contributed by atoms with van der Waals surface area (Å²) in [5.41, 5.74) is 2.42. The number of carbonyl (C=O) groups is 1. The second-order valence-corrected chi connectivity index (χ2v) is 6.01. The van der Waals surface area contributed by atoms with Crippen LogP contribution in [0.1, 0.15) is 28.9 Å². The molecule has 1 fully saturated rings. The first kappa shape index (κ1) is 16.0. The maximum absolute atomic E-state index is 12.2. The number of nitrogens with zero attached hydrogens (tertiary/aromatic N) is 3. The van der Waals surface area contributed by atoms with Crippen molar-refractivity contribution >= 4 is 11.6 Å². The summed E-state index contributed by atoms with van der Waals surface area (Å²) in [6.45, 7) is 7.50. The number of hydrogen-bond donors (Lipinski definition) is 1. The fourth-order valence-electron chi connectivity index (χ4n) is 2.77. The third kappa shape index (κ3) is 4.30. The average molecular weight is 316 g/mol. The summed E-state index contributed by atoms with van der Waals surface area (Å²) in [5.74, 6) is -0.0993. The van der Waals surface area contributed by atoms with Crippen molar-refractivity contribution in [1.82, 2.24) is 19.6 Å². The minimum atomic E-state index is -0.0993. The minimum absolute atomic E-state index is 0.0993. The average Bonchev–Trinajstić information content (AvgIpc) is 2.98. The molecule has 6 heteroatoms. The smallest absolute Gasteiger partial charge is 0.271 e. The molecule has 0 aliphatic carbocycles. The van der Waals surface area contributed by atoms with E-state index in [4.69, 9.17) is 4.74 Å². The topological polar surface area (TPSA) is 58.9 Å². The Morgan fingerprint density at radius 2 is 2.17 bits per heavy atom. The van der Waals surface area contributed by atoms with Gasteiger partial charge in [-0.2, -0.15) is 0 Å². The van der Waals surface area contributed by atoms with Crippen LogP contribution in [0, 0.1) is 6.92 Å². The fourth-order valence-corrected chi connectivity index (χ4v) is 2.77. The molecule has 1 aliphatic rings. The van der Waals surface area contributed by atoms with Crippen molar-refractivity contribution in [2.75, 3.05) is 39.4 Å². The van der Waals surface area contributed by atoms with Gasteiger partial charge in [0, 0.05) is 32.0 Å². The Kier molecular flexibility index (Phi) is 5.25. The van der Waals surface area contributed by atoms with Gasteiger partial charge in [0.2, 0.25) is 0 Å². The zero-order chi connectivity index (χ0) is 16.1. The standard InChI is InChI=1S/C17H24N4O2/c1-14-4-7-21-13-15(19-16(21)12-14)17(22)18-5-2-3-6-20-8-10-23-11-9-20/h4,7,12-13H,2-3,5-6,8-11H2,1H3,(H,18,22). The van der Waals surface area contributed by atoms with E-state index in [1.165, 1.54) is 0 Å². The summed E-state index contributed by atoms with van der Waals surface area (Å²) in [5, 5.41) is 2.95. The van der Waals surface area contributed by atoms with Crippen molar-refractivity contribution < 1.29 is 9.53 Å². The Morgan fingerprint density at radius 1 is 1.35 bits per heavy atom. The molecule has 1 saturated heterocycles. The quantitative estimate of drug-likeness (QED) is 0.820. The lowest BCUT2D eigenvalue weighted by atomic mass is 10.2. The van der Waals surface area contributed by atoms with E-state index in [9.17, 15) is 4.79 Å². The molecule has 23 heavy (non-hydrogen) atoms. The highest BCUT2D eigenvalue weighted by molar-refractivity contribution is 5.92. The summed E-state index contributed by atoms with van der Waals surface area (Å²) < 4.78 is 7.21. The van der Waals surface area contributed by atoms with Crippen LogP contribution in [0.25, 0.3) is 5.65 Å². The highest BCUT2D eigenvalue weighted by Crippen LogP contribution is 2.07. The van der Waals surface area contributed by atoms with E-state index in [0.717, 1.165) is 56.9 Å². The Hall–Kier alpha value is -1.92. The predicted molar refractivity (Wildman–Crippen MR) is 88.8 cm³/mol. The molecule has 0 unspecified atom stereocenters. The molecule has 3 rings (SSSR count). The number of amides is 1. The molecule has 124 valence electrons. The number of imidazole rings is 1. The number of aromatic nitrogens is 2. The Morgan fingerprint density at radius 3 is 3.00 bits per heavy atom. The van der Waals surface area contributed by atoms with Gasteiger partial charge in [-0.15, -0.1) is 0 Å². The molecule has 3 heterocycles. The molecule has 2 aromatic rings. The summed E-state index contributed by atoms with van der Waals surface area (Å²) in [6.07, 6.45) is 5.77. The summed E-state index contributed by atoms with van der Waals surface area (Å²) in [4.78, 5) is 18.9. The third-order valence-electron chi connectivity index (χ3n) is 4.14. The maximum Gasteiger partial charge on any atom is 0.271 e. The zero-order valence-electron chi connectivity index (χ0n) is 13.6. The molecule has 0 aromatic carbocycles. The highest BCUT2D eigenvalue weighted by Gasteiger charge is 2.11. The Balaban J connectivity index is 1.41. The number of aryl methyl sites for hydroxylation is 1. The van der Waals surface area contributed by atoms with Gasteiger partial charge in [0.05, 0.1) is 13.2 Å². The molecule has 2 aromatic heterocycles. The van der Waals surface area contributed by atoms with E-state index in [2.05, 4.69) is 15.2 Å². The van der Waals surface area contributed by atoms with Crippen LogP contribution in [-0.4, -0.2) is 59.6 Å². The van der Waals surface area contributed by atoms with Crippen LogP contribution in [0.15, 0.2) is 24.5 Å². The number of nitrogens with one attached hydrogen (secondary N) is 1. The van der Waals surface area contributed by atoms with Crippen LogP contribution in [-0.2, 0) is 4.74 Å². The van der Waals surface area contributed by atoms with Crippen molar-refractivity contribution in [2.45, 2.75) is 19.8 Å². The van der Waals surface area contributed by atoms with Gasteiger partial charge < -0.3 is 14.5 Å². The van der Waals surface area contributed by atoms with Gasteiger partial charge in [-0.05, 0) is 44.0 Å². The highest BCUT2D eigenvalue weighted by atomic mass is 16.5. The first-order valence-electron chi connectivity index (χ1n) is 8.26. The van der Waals surface area contributed by atoms with Crippen LogP contribution >= 0.6 is 0 Å². The van der Waals surface area contributed by atoms with Gasteiger partial charge in [-0.1, -0.05) is 0 Å². The molecule has 1 aliphatic heterocycles. The molecule has 6 nitrogen and oxygen atoms in total. The predicted octanol–water partition coefficient (Wildman–Crippen LogP) is 1.48. The number of hydrogen-bond acceptors (Lipinski definition) is 4. The lowest BCUT2D eigenvalue weighted by Crippen LogP contribution is -2.37. The fraction of sp³-hybridized carbons (Fsp3) is 0.529. The van der Waals surface area contributed by atoms with Gasteiger partial charge in [0.1, 0.15) is 11.3 Å². The Labute approximate surface area is 136 Å². The molecule has 0 saturated carbocycles. The summed E-state index contributed by atoms with van der Waals surface area (Å²) in [6, 6.07) is 3.97. The minimum Gasteiger partial charge on any atom is -0.379 e. The number of ether oxygens (including phenoxy) is 1. The number of morpholine rings is 1. The van der Waals surface area contributed by atoms with Crippen LogP contribution in [0.2, 0.25) is 0 Å². The lowest BCUT2D eigenvalue weighted by Gasteiger charge is -2.26. The van der Waals surface area contributed by atoms with Crippen molar-refractivity contribution in [2.24, 2.45) is 0 Å². The normalized spacial score (nSPS) is 15.9. The van der Waals surface area contributed by atoms with E-state index in [1.54, 1.807) is 6.20 Å². The van der Waals surface area contributed by atoms with E-state index < -0.39 is 0 Å². The lowest BCUT2D eigenvalue weighted by molar-refractivity contribution is 0.0372. The Bertz CT molecular complexity index is 662. The number of pyridine rings is 1. The van der Waals surface area contributed by atoms with Gasteiger partial charge >= 0.3 is 0 Å². The van der Waals surface area contributed by atoms with E-state index in [1.807, 2.05) is 29.7 Å². The van der Waals surface area contributed by atoms with Crippen molar-refractivity contribution in [3.8, 4) is 0 Å². The summed E-state index contributed by atoms with van der Waals surface area (Å²) >= 11 is 0. The van der Waals surface area contributed by atoms with Crippen LogP contribution in [0.4, 0.5) is 0 Å². The molecule has 1 amide bonds. The second kappa shape index (κ2) is 7.57. The van der Waals surface area contributed by atoms with Crippen LogP contribution in [0.5, 0.6) is 0 Å². The number of unbranched alkanes of at least 4 members (excludes halogenated alkanes) is 1. The van der Waals surface area contributed by atoms with E-state index in [-0.39, 0.29) is 5.91 Å². The van der Waals surface area contributed by atoms with E-state index >= 15 is 0 Å². The molecule has 0 radical (unpaired) electrons. The third-order valence-corrected chi connectivity index (χ3v) is 4.14. The van der Waals surface area contributed by atoms with Gasteiger partial charge in [0.25, 0.3) is 5.91 Å². The van der Waals surface area contributed by atoms with Gasteiger partial charge in [-0.25, -0.2) is 4.98 Å². The number of fused-ring (bicyclic) bond motifs is 1. The summed E-state index contributed by atoms with van der Waals surface area (Å²) in [7, 11) is 0. The molecule has 0 atom stereocenters. The van der Waals surface area contributed by atoms with Crippen molar-refractivity contribution in [1.29, 1.82) is 0 Å². The SMILES string of the molecule is Cc1ccn2cc(C(=O)NCCCCN3CCOCC3)nc2c1. The first-order valence-corrected chi connectivity index (χ1v) is 8.26. The molecular formula is C17H24N4O2. The van der Waals surface area contributed by atoms with Gasteiger partial charge in [-0.3, -0.25) is 9.69 Å². The van der Waals surface area contributed by atoms with E-state index in [0.29, 0.717) is 12.2 Å². The van der Waals surface area contributed by atoms with Crippen LogP contribution in [0.3, 0.4) is 0 Å². The second-order valence-electron chi connectivity index (χ2n) is 6.01. The van der Waals surface area contributed by atoms with Crippen molar-refractivity contribution in [3.63, 3.8) is 0 Å². The van der Waals surface area contributed by atoms with Crippen molar-refractivity contribution in [3.05, 3.63) is 35.8 Å². The molecule has 0 spiro atoms.